The van der Waals surface area contributed by atoms with Crippen molar-refractivity contribution >= 4 is 33.4 Å². The summed E-state index contributed by atoms with van der Waals surface area (Å²) >= 11 is 1.53. The van der Waals surface area contributed by atoms with Crippen molar-refractivity contribution in [3.05, 3.63) is 23.2 Å². The van der Waals surface area contributed by atoms with E-state index >= 15 is 0 Å². The minimum atomic E-state index is -0.407. The van der Waals surface area contributed by atoms with E-state index in [-0.39, 0.29) is 18.5 Å². The van der Waals surface area contributed by atoms with Gasteiger partial charge in [0, 0.05) is 11.4 Å². The van der Waals surface area contributed by atoms with E-state index in [4.69, 9.17) is 4.74 Å². The van der Waals surface area contributed by atoms with Crippen LogP contribution in [0.2, 0.25) is 0 Å². The van der Waals surface area contributed by atoms with Crippen molar-refractivity contribution in [1.29, 1.82) is 0 Å². The summed E-state index contributed by atoms with van der Waals surface area (Å²) < 4.78 is 6.60. The fourth-order valence-electron chi connectivity index (χ4n) is 3.25. The Labute approximate surface area is 139 Å². The van der Waals surface area contributed by atoms with E-state index in [2.05, 4.69) is 5.32 Å². The summed E-state index contributed by atoms with van der Waals surface area (Å²) in [5, 5.41) is 6.06. The molecule has 0 saturated heterocycles. The molecule has 3 rings (SSSR count). The van der Waals surface area contributed by atoms with E-state index in [9.17, 15) is 9.59 Å². The first-order chi connectivity index (χ1) is 11.2. The Hall–Kier alpha value is -1.82. The molecule has 0 aliphatic heterocycles. The molecule has 2 heterocycles. The van der Waals surface area contributed by atoms with Crippen LogP contribution in [0.1, 0.15) is 49.0 Å². The first-order valence-corrected chi connectivity index (χ1v) is 9.01. The van der Waals surface area contributed by atoms with Gasteiger partial charge in [0.05, 0.1) is 7.11 Å². The van der Waals surface area contributed by atoms with Gasteiger partial charge in [0.15, 0.2) is 0 Å². The SMILES string of the molecule is COC(=O)c1cc2ccsc2n1CC(=O)NC1CCCCCC1. The number of methoxy groups -OCH3 is 1. The number of aromatic nitrogens is 1. The van der Waals surface area contributed by atoms with Gasteiger partial charge in [0.1, 0.15) is 17.1 Å². The summed E-state index contributed by atoms with van der Waals surface area (Å²) in [5.41, 5.74) is 0.436. The molecule has 2 aromatic heterocycles. The van der Waals surface area contributed by atoms with E-state index in [1.807, 2.05) is 11.4 Å². The van der Waals surface area contributed by atoms with E-state index in [1.54, 1.807) is 10.6 Å². The van der Waals surface area contributed by atoms with Gasteiger partial charge in [-0.25, -0.2) is 4.79 Å². The molecule has 2 aromatic rings. The number of nitrogens with one attached hydrogen (secondary N) is 1. The third-order valence-corrected chi connectivity index (χ3v) is 5.37. The number of amides is 1. The van der Waals surface area contributed by atoms with E-state index in [1.165, 1.54) is 44.1 Å². The van der Waals surface area contributed by atoms with E-state index in [0.717, 1.165) is 23.1 Å². The van der Waals surface area contributed by atoms with Crippen LogP contribution in [0.15, 0.2) is 17.5 Å². The molecule has 0 radical (unpaired) electrons. The molecule has 0 aromatic carbocycles. The molecule has 124 valence electrons. The highest BCUT2D eigenvalue weighted by Crippen LogP contribution is 2.26. The summed E-state index contributed by atoms with van der Waals surface area (Å²) in [7, 11) is 1.36. The normalized spacial score (nSPS) is 16.2. The van der Waals surface area contributed by atoms with Gasteiger partial charge in [-0.2, -0.15) is 0 Å². The Morgan fingerprint density at radius 1 is 1.30 bits per heavy atom. The lowest BCUT2D eigenvalue weighted by atomic mass is 10.1. The van der Waals surface area contributed by atoms with Crippen LogP contribution >= 0.6 is 11.3 Å². The second kappa shape index (κ2) is 7.17. The Morgan fingerprint density at radius 3 is 2.74 bits per heavy atom. The Kier molecular flexibility index (Phi) is 5.00. The number of carbonyl (C=O) groups excluding carboxylic acids is 2. The minimum Gasteiger partial charge on any atom is -0.464 e. The van der Waals surface area contributed by atoms with Crippen molar-refractivity contribution in [3.8, 4) is 0 Å². The lowest BCUT2D eigenvalue weighted by molar-refractivity contribution is -0.122. The summed E-state index contributed by atoms with van der Waals surface area (Å²) in [6, 6.07) is 4.00. The number of nitrogens with zero attached hydrogens (tertiary/aromatic N) is 1. The molecule has 1 amide bonds. The van der Waals surface area contributed by atoms with Crippen LogP contribution in [0.25, 0.3) is 10.2 Å². The number of hydrogen-bond donors (Lipinski definition) is 1. The predicted molar refractivity (Wildman–Crippen MR) is 90.8 cm³/mol. The minimum absolute atomic E-state index is 0.0343. The van der Waals surface area contributed by atoms with Crippen LogP contribution in [0.4, 0.5) is 0 Å². The van der Waals surface area contributed by atoms with Gasteiger partial charge in [-0.1, -0.05) is 25.7 Å². The van der Waals surface area contributed by atoms with Crippen LogP contribution in [-0.2, 0) is 16.1 Å². The van der Waals surface area contributed by atoms with Crippen LogP contribution in [0.3, 0.4) is 0 Å². The zero-order valence-corrected chi connectivity index (χ0v) is 14.2. The molecule has 0 atom stereocenters. The third kappa shape index (κ3) is 3.58. The number of fused-ring (bicyclic) bond motifs is 1. The Balaban J connectivity index is 1.75. The molecule has 1 N–H and O–H groups in total. The maximum absolute atomic E-state index is 12.4. The van der Waals surface area contributed by atoms with Crippen molar-refractivity contribution in [2.45, 2.75) is 51.1 Å². The lowest BCUT2D eigenvalue weighted by Gasteiger charge is -2.17. The number of carbonyl (C=O) groups is 2. The van der Waals surface area contributed by atoms with Crippen LogP contribution in [0.5, 0.6) is 0 Å². The molecule has 6 heteroatoms. The summed E-state index contributed by atoms with van der Waals surface area (Å²) in [4.78, 5) is 25.3. The van der Waals surface area contributed by atoms with Crippen molar-refractivity contribution in [2.75, 3.05) is 7.11 Å². The maximum Gasteiger partial charge on any atom is 0.354 e. The smallest absolute Gasteiger partial charge is 0.354 e. The molecule has 1 fully saturated rings. The van der Waals surface area contributed by atoms with Crippen LogP contribution in [0, 0.1) is 0 Å². The molecular formula is C17H22N2O3S. The standard InChI is InChI=1S/C17H22N2O3S/c1-22-17(21)14-10-12-8-9-23-16(12)19(14)11-15(20)18-13-6-4-2-3-5-7-13/h8-10,13H,2-7,11H2,1H3,(H,18,20). The topological polar surface area (TPSA) is 60.3 Å². The maximum atomic E-state index is 12.4. The van der Waals surface area contributed by atoms with Crippen molar-refractivity contribution in [2.24, 2.45) is 0 Å². The summed E-state index contributed by atoms with van der Waals surface area (Å²) in [5.74, 6) is -0.441. The molecular weight excluding hydrogens is 312 g/mol. The molecule has 1 aliphatic carbocycles. The highest BCUT2D eigenvalue weighted by atomic mass is 32.1. The molecule has 0 spiro atoms. The van der Waals surface area contributed by atoms with Crippen LogP contribution in [-0.4, -0.2) is 29.6 Å². The average molecular weight is 334 g/mol. The number of rotatable bonds is 4. The molecule has 0 bridgehead atoms. The number of ether oxygens (including phenoxy) is 1. The van der Waals surface area contributed by atoms with Crippen LogP contribution < -0.4 is 5.32 Å². The lowest BCUT2D eigenvalue weighted by Crippen LogP contribution is -2.37. The molecule has 23 heavy (non-hydrogen) atoms. The predicted octanol–water partition coefficient (Wildman–Crippen LogP) is 3.33. The first-order valence-electron chi connectivity index (χ1n) is 8.13. The van der Waals surface area contributed by atoms with Crippen molar-refractivity contribution < 1.29 is 14.3 Å². The largest absolute Gasteiger partial charge is 0.464 e. The Bertz CT molecular complexity index is 696. The van der Waals surface area contributed by atoms with Gasteiger partial charge in [-0.15, -0.1) is 11.3 Å². The molecule has 1 saturated carbocycles. The van der Waals surface area contributed by atoms with Crippen molar-refractivity contribution in [3.63, 3.8) is 0 Å². The van der Waals surface area contributed by atoms with Gasteiger partial charge in [0.2, 0.25) is 5.91 Å². The number of hydrogen-bond acceptors (Lipinski definition) is 4. The number of esters is 1. The monoisotopic (exact) mass is 334 g/mol. The fourth-order valence-corrected chi connectivity index (χ4v) is 4.14. The van der Waals surface area contributed by atoms with E-state index in [0.29, 0.717) is 5.69 Å². The third-order valence-electron chi connectivity index (χ3n) is 4.42. The molecule has 5 nitrogen and oxygen atoms in total. The first kappa shape index (κ1) is 16.1. The molecule has 0 unspecified atom stereocenters. The van der Waals surface area contributed by atoms with Gasteiger partial charge in [-0.05, 0) is 30.4 Å². The zero-order valence-electron chi connectivity index (χ0n) is 13.3. The average Bonchev–Trinajstić information content (AvgIpc) is 3.02. The highest BCUT2D eigenvalue weighted by Gasteiger charge is 2.20. The van der Waals surface area contributed by atoms with E-state index < -0.39 is 5.97 Å². The van der Waals surface area contributed by atoms with Gasteiger partial charge in [0.25, 0.3) is 0 Å². The zero-order chi connectivity index (χ0) is 16.2. The fraction of sp³-hybridized carbons (Fsp3) is 0.529. The number of thiophene rings is 1. The second-order valence-electron chi connectivity index (χ2n) is 6.04. The Morgan fingerprint density at radius 2 is 2.04 bits per heavy atom. The quantitative estimate of drug-likeness (QED) is 0.689. The summed E-state index contributed by atoms with van der Waals surface area (Å²) in [6.07, 6.45) is 6.97. The summed E-state index contributed by atoms with van der Waals surface area (Å²) in [6.45, 7) is 0.158. The molecule has 1 aliphatic rings. The van der Waals surface area contributed by atoms with Gasteiger partial charge >= 0.3 is 5.97 Å². The van der Waals surface area contributed by atoms with Crippen molar-refractivity contribution in [1.82, 2.24) is 9.88 Å². The highest BCUT2D eigenvalue weighted by molar-refractivity contribution is 7.16. The van der Waals surface area contributed by atoms with Gasteiger partial charge < -0.3 is 14.6 Å². The van der Waals surface area contributed by atoms with Gasteiger partial charge in [-0.3, -0.25) is 4.79 Å². The second-order valence-corrected chi connectivity index (χ2v) is 6.94.